The van der Waals surface area contributed by atoms with Gasteiger partial charge in [0.05, 0.1) is 12.1 Å². The third-order valence-corrected chi connectivity index (χ3v) is 3.57. The molecule has 0 bridgehead atoms. The molecule has 1 unspecified atom stereocenters. The number of amides is 1. The van der Waals surface area contributed by atoms with E-state index in [1.807, 2.05) is 0 Å². The number of nitrogens with zero attached hydrogens (tertiary/aromatic N) is 2. The van der Waals surface area contributed by atoms with Crippen LogP contribution in [0.1, 0.15) is 50.2 Å². The van der Waals surface area contributed by atoms with Crippen molar-refractivity contribution in [1.29, 1.82) is 0 Å². The summed E-state index contributed by atoms with van der Waals surface area (Å²) in [6, 6.07) is -0.446. The molecule has 118 valence electrons. The molecule has 0 saturated heterocycles. The van der Waals surface area contributed by atoms with Gasteiger partial charge in [0.1, 0.15) is 6.04 Å². The maximum absolute atomic E-state index is 12.1. The van der Waals surface area contributed by atoms with Crippen molar-refractivity contribution in [3.8, 4) is 0 Å². The van der Waals surface area contributed by atoms with Crippen molar-refractivity contribution >= 4 is 11.9 Å². The minimum Gasteiger partial charge on any atom is -0.481 e. The summed E-state index contributed by atoms with van der Waals surface area (Å²) in [4.78, 5) is 23.0. The number of hydrogen-bond acceptors (Lipinski definition) is 3. The highest BCUT2D eigenvalue weighted by Crippen LogP contribution is 2.18. The van der Waals surface area contributed by atoms with Gasteiger partial charge in [-0.15, -0.1) is 0 Å². The number of rotatable bonds is 7. The van der Waals surface area contributed by atoms with Gasteiger partial charge >= 0.3 is 5.97 Å². The number of aromatic nitrogens is 2. The number of carboxylic acids is 1. The Labute approximate surface area is 125 Å². The molecular formula is C15H25N3O3. The first-order valence-electron chi connectivity index (χ1n) is 7.28. The third-order valence-electron chi connectivity index (χ3n) is 3.57. The van der Waals surface area contributed by atoms with E-state index in [4.69, 9.17) is 5.11 Å². The molecule has 21 heavy (non-hydrogen) atoms. The van der Waals surface area contributed by atoms with Crippen LogP contribution >= 0.6 is 0 Å². The SMILES string of the molecule is Cc1nn(C(C)C(=O)NCCC(C)C)c(C)c1CC(=O)O. The Balaban J connectivity index is 2.80. The maximum Gasteiger partial charge on any atom is 0.307 e. The Morgan fingerprint density at radius 1 is 1.29 bits per heavy atom. The van der Waals surface area contributed by atoms with E-state index in [2.05, 4.69) is 24.3 Å². The second-order valence-corrected chi connectivity index (χ2v) is 5.81. The van der Waals surface area contributed by atoms with Crippen LogP contribution in [-0.2, 0) is 16.0 Å². The molecule has 1 aromatic heterocycles. The molecular weight excluding hydrogens is 270 g/mol. The van der Waals surface area contributed by atoms with Crippen LogP contribution in [0.15, 0.2) is 0 Å². The molecule has 0 aliphatic heterocycles. The van der Waals surface area contributed by atoms with Crippen molar-refractivity contribution in [2.45, 2.75) is 53.5 Å². The highest BCUT2D eigenvalue weighted by Gasteiger charge is 2.21. The summed E-state index contributed by atoms with van der Waals surface area (Å²) in [7, 11) is 0. The van der Waals surface area contributed by atoms with E-state index in [9.17, 15) is 9.59 Å². The van der Waals surface area contributed by atoms with Gasteiger partial charge in [0, 0.05) is 17.8 Å². The predicted octanol–water partition coefficient (Wildman–Crippen LogP) is 1.85. The highest BCUT2D eigenvalue weighted by atomic mass is 16.4. The molecule has 0 fully saturated rings. The Kier molecular flexibility index (Phi) is 5.93. The summed E-state index contributed by atoms with van der Waals surface area (Å²) in [6.07, 6.45) is 0.860. The molecule has 0 radical (unpaired) electrons. The Morgan fingerprint density at radius 2 is 1.90 bits per heavy atom. The average Bonchev–Trinajstić information content (AvgIpc) is 2.64. The van der Waals surface area contributed by atoms with Crippen molar-refractivity contribution in [2.24, 2.45) is 5.92 Å². The van der Waals surface area contributed by atoms with Crippen LogP contribution in [0.4, 0.5) is 0 Å². The van der Waals surface area contributed by atoms with E-state index in [1.165, 1.54) is 0 Å². The zero-order valence-corrected chi connectivity index (χ0v) is 13.4. The topological polar surface area (TPSA) is 84.2 Å². The van der Waals surface area contributed by atoms with Crippen molar-refractivity contribution in [2.75, 3.05) is 6.54 Å². The van der Waals surface area contributed by atoms with Crippen molar-refractivity contribution in [3.05, 3.63) is 17.0 Å². The lowest BCUT2D eigenvalue weighted by molar-refractivity contribution is -0.136. The van der Waals surface area contributed by atoms with Crippen LogP contribution in [0.25, 0.3) is 0 Å². The second kappa shape index (κ2) is 7.24. The van der Waals surface area contributed by atoms with Gasteiger partial charge < -0.3 is 10.4 Å². The third kappa shape index (κ3) is 4.58. The smallest absolute Gasteiger partial charge is 0.307 e. The zero-order valence-electron chi connectivity index (χ0n) is 13.4. The van der Waals surface area contributed by atoms with Gasteiger partial charge in [0.15, 0.2) is 0 Å². The van der Waals surface area contributed by atoms with Gasteiger partial charge in [-0.3, -0.25) is 14.3 Å². The molecule has 6 nitrogen and oxygen atoms in total. The van der Waals surface area contributed by atoms with E-state index in [1.54, 1.807) is 25.5 Å². The van der Waals surface area contributed by atoms with Crippen LogP contribution in [0.2, 0.25) is 0 Å². The molecule has 2 N–H and O–H groups in total. The maximum atomic E-state index is 12.1. The monoisotopic (exact) mass is 295 g/mol. The largest absolute Gasteiger partial charge is 0.481 e. The van der Waals surface area contributed by atoms with Crippen LogP contribution in [-0.4, -0.2) is 33.3 Å². The first-order chi connectivity index (χ1) is 9.73. The molecule has 1 heterocycles. The Morgan fingerprint density at radius 3 is 2.43 bits per heavy atom. The Hall–Kier alpha value is -1.85. The summed E-state index contributed by atoms with van der Waals surface area (Å²) < 4.78 is 1.61. The molecule has 0 spiro atoms. The minimum absolute atomic E-state index is 0.0701. The van der Waals surface area contributed by atoms with E-state index in [0.717, 1.165) is 12.1 Å². The summed E-state index contributed by atoms with van der Waals surface area (Å²) >= 11 is 0. The van der Waals surface area contributed by atoms with Crippen LogP contribution in [0, 0.1) is 19.8 Å². The number of carboxylic acid groups (broad SMARTS) is 1. The zero-order chi connectivity index (χ0) is 16.2. The van der Waals surface area contributed by atoms with Gasteiger partial charge in [0.25, 0.3) is 0 Å². The lowest BCUT2D eigenvalue weighted by atomic mass is 10.1. The summed E-state index contributed by atoms with van der Waals surface area (Å²) in [5.74, 6) is -0.450. The van der Waals surface area contributed by atoms with Crippen LogP contribution < -0.4 is 5.32 Å². The predicted molar refractivity (Wildman–Crippen MR) is 80.2 cm³/mol. The molecule has 1 atom stereocenters. The molecule has 1 rings (SSSR count). The first kappa shape index (κ1) is 17.2. The summed E-state index contributed by atoms with van der Waals surface area (Å²) in [5, 5.41) is 16.1. The molecule has 0 saturated carbocycles. The summed E-state index contributed by atoms with van der Waals surface area (Å²) in [5.41, 5.74) is 2.09. The fraction of sp³-hybridized carbons (Fsp3) is 0.667. The molecule has 0 aliphatic carbocycles. The minimum atomic E-state index is -0.894. The standard InChI is InChI=1S/C15H25N3O3/c1-9(2)6-7-16-15(21)12(5)18-11(4)13(8-14(19)20)10(3)17-18/h9,12H,6-8H2,1-5H3,(H,16,21)(H,19,20). The number of aliphatic carboxylic acids is 1. The number of nitrogens with one attached hydrogen (secondary N) is 1. The van der Waals surface area contributed by atoms with Crippen LogP contribution in [0.5, 0.6) is 0 Å². The van der Waals surface area contributed by atoms with E-state index in [-0.39, 0.29) is 12.3 Å². The van der Waals surface area contributed by atoms with E-state index < -0.39 is 12.0 Å². The number of carbonyl (C=O) groups excluding carboxylic acids is 1. The highest BCUT2D eigenvalue weighted by molar-refractivity contribution is 5.80. The first-order valence-corrected chi connectivity index (χ1v) is 7.28. The van der Waals surface area contributed by atoms with Crippen LogP contribution in [0.3, 0.4) is 0 Å². The van der Waals surface area contributed by atoms with Gasteiger partial charge in [-0.05, 0) is 33.1 Å². The molecule has 0 aromatic carbocycles. The number of carbonyl (C=O) groups is 2. The quantitative estimate of drug-likeness (QED) is 0.804. The number of hydrogen-bond donors (Lipinski definition) is 2. The van der Waals surface area contributed by atoms with E-state index in [0.29, 0.717) is 23.7 Å². The van der Waals surface area contributed by atoms with Gasteiger partial charge in [-0.1, -0.05) is 13.8 Å². The molecule has 1 aromatic rings. The molecule has 1 amide bonds. The molecule has 0 aliphatic rings. The fourth-order valence-corrected chi connectivity index (χ4v) is 2.22. The van der Waals surface area contributed by atoms with E-state index >= 15 is 0 Å². The fourth-order valence-electron chi connectivity index (χ4n) is 2.22. The van der Waals surface area contributed by atoms with Gasteiger partial charge in [0.2, 0.25) is 5.91 Å². The van der Waals surface area contributed by atoms with Crippen molar-refractivity contribution in [3.63, 3.8) is 0 Å². The van der Waals surface area contributed by atoms with Gasteiger partial charge in [-0.25, -0.2) is 0 Å². The van der Waals surface area contributed by atoms with Crippen molar-refractivity contribution in [1.82, 2.24) is 15.1 Å². The normalized spacial score (nSPS) is 12.5. The second-order valence-electron chi connectivity index (χ2n) is 5.81. The van der Waals surface area contributed by atoms with Crippen molar-refractivity contribution < 1.29 is 14.7 Å². The molecule has 6 heteroatoms. The van der Waals surface area contributed by atoms with Gasteiger partial charge in [-0.2, -0.15) is 5.10 Å². The Bertz CT molecular complexity index is 520. The average molecular weight is 295 g/mol. The lowest BCUT2D eigenvalue weighted by Crippen LogP contribution is -2.33. The number of aryl methyl sites for hydroxylation is 1. The summed E-state index contributed by atoms with van der Waals surface area (Å²) in [6.45, 7) is 10.2. The lowest BCUT2D eigenvalue weighted by Gasteiger charge is -2.15.